The molecule has 1 atom stereocenters. The Hall–Kier alpha value is -2.21. The lowest BCUT2D eigenvalue weighted by atomic mass is 10.2. The van der Waals surface area contributed by atoms with E-state index in [1.54, 1.807) is 14.2 Å². The second-order valence-corrected chi connectivity index (χ2v) is 6.19. The zero-order valence-corrected chi connectivity index (χ0v) is 14.8. The van der Waals surface area contributed by atoms with Gasteiger partial charge in [0.15, 0.2) is 0 Å². The summed E-state index contributed by atoms with van der Waals surface area (Å²) in [5.74, 6) is 2.53. The maximum atomic E-state index is 5.37. The minimum absolute atomic E-state index is 0.441. The van der Waals surface area contributed by atoms with Crippen molar-refractivity contribution >= 4 is 5.69 Å². The zero-order valence-electron chi connectivity index (χ0n) is 14.8. The Kier molecular flexibility index (Phi) is 4.94. The lowest BCUT2D eigenvalue weighted by Gasteiger charge is -2.20. The van der Waals surface area contributed by atoms with Crippen molar-refractivity contribution < 1.29 is 14.0 Å². The van der Waals surface area contributed by atoms with Gasteiger partial charge in [-0.25, -0.2) is 0 Å². The molecule has 0 aliphatic carbocycles. The van der Waals surface area contributed by atoms with Gasteiger partial charge in [0.2, 0.25) is 0 Å². The number of aromatic nitrogens is 1. The maximum Gasteiger partial charge on any atom is 0.138 e. The lowest BCUT2D eigenvalue weighted by molar-refractivity contribution is 0.391. The highest BCUT2D eigenvalue weighted by Gasteiger charge is 2.24. The van der Waals surface area contributed by atoms with Crippen molar-refractivity contribution in [1.82, 2.24) is 10.5 Å². The molecule has 2 heterocycles. The van der Waals surface area contributed by atoms with Crippen LogP contribution in [0.5, 0.6) is 11.5 Å². The first-order chi connectivity index (χ1) is 11.6. The average Bonchev–Trinajstić information content (AvgIpc) is 3.20. The quantitative estimate of drug-likeness (QED) is 0.878. The fraction of sp³-hybridized carbons (Fsp3) is 0.500. The minimum Gasteiger partial charge on any atom is -0.497 e. The van der Waals surface area contributed by atoms with Gasteiger partial charge in [0.25, 0.3) is 0 Å². The molecule has 0 unspecified atom stereocenters. The van der Waals surface area contributed by atoms with Crippen molar-refractivity contribution in [2.24, 2.45) is 0 Å². The molecule has 1 aliphatic heterocycles. The van der Waals surface area contributed by atoms with Crippen molar-refractivity contribution in [3.8, 4) is 11.5 Å². The third kappa shape index (κ3) is 3.48. The van der Waals surface area contributed by atoms with Crippen LogP contribution in [-0.4, -0.2) is 38.5 Å². The zero-order chi connectivity index (χ0) is 17.1. The Morgan fingerprint density at radius 2 is 1.92 bits per heavy atom. The van der Waals surface area contributed by atoms with Crippen LogP contribution in [0.25, 0.3) is 0 Å². The van der Waals surface area contributed by atoms with E-state index in [4.69, 9.17) is 14.0 Å². The summed E-state index contributed by atoms with van der Waals surface area (Å²) < 4.78 is 16.0. The van der Waals surface area contributed by atoms with Crippen LogP contribution in [-0.2, 0) is 6.54 Å². The van der Waals surface area contributed by atoms with Gasteiger partial charge in [0.05, 0.1) is 19.9 Å². The number of hydrogen-bond acceptors (Lipinski definition) is 6. The first-order valence-corrected chi connectivity index (χ1v) is 8.24. The summed E-state index contributed by atoms with van der Waals surface area (Å²) in [5, 5.41) is 7.63. The summed E-state index contributed by atoms with van der Waals surface area (Å²) in [5.41, 5.74) is 3.26. The standard InChI is InChI=1S/C18H25N3O3/c1-12-18(13(2)24-20-12)10-19-14-5-6-21(11-14)15-7-16(22-3)9-17(8-15)23-4/h7-9,14,19H,5-6,10-11H2,1-4H3/t14-/m1/s1. The van der Waals surface area contributed by atoms with Gasteiger partial charge < -0.3 is 24.2 Å². The molecule has 3 rings (SSSR count). The third-order valence-corrected chi connectivity index (χ3v) is 4.64. The van der Waals surface area contributed by atoms with Gasteiger partial charge in [-0.05, 0) is 20.3 Å². The Morgan fingerprint density at radius 1 is 1.21 bits per heavy atom. The normalized spacial score (nSPS) is 17.3. The van der Waals surface area contributed by atoms with Gasteiger partial charge in [-0.1, -0.05) is 5.16 Å². The van der Waals surface area contributed by atoms with Gasteiger partial charge in [-0.2, -0.15) is 0 Å². The van der Waals surface area contributed by atoms with Crippen LogP contribution >= 0.6 is 0 Å². The first-order valence-electron chi connectivity index (χ1n) is 8.24. The van der Waals surface area contributed by atoms with Crippen molar-refractivity contribution in [3.05, 3.63) is 35.2 Å². The Morgan fingerprint density at radius 3 is 2.50 bits per heavy atom. The molecule has 6 heteroatoms. The molecule has 1 aliphatic rings. The summed E-state index contributed by atoms with van der Waals surface area (Å²) in [6.45, 7) is 6.70. The fourth-order valence-corrected chi connectivity index (χ4v) is 3.14. The third-order valence-electron chi connectivity index (χ3n) is 4.64. The number of hydrogen-bond donors (Lipinski definition) is 1. The van der Waals surface area contributed by atoms with Crippen LogP contribution < -0.4 is 19.7 Å². The van der Waals surface area contributed by atoms with Crippen molar-refractivity contribution in [1.29, 1.82) is 0 Å². The molecule has 2 aromatic rings. The van der Waals surface area contributed by atoms with E-state index in [1.165, 1.54) is 0 Å². The summed E-state index contributed by atoms with van der Waals surface area (Å²) in [4.78, 5) is 2.36. The van der Waals surface area contributed by atoms with E-state index >= 15 is 0 Å². The summed E-state index contributed by atoms with van der Waals surface area (Å²) in [6, 6.07) is 6.45. The molecule has 130 valence electrons. The molecule has 0 amide bonds. The topological polar surface area (TPSA) is 59.8 Å². The summed E-state index contributed by atoms with van der Waals surface area (Å²) >= 11 is 0. The highest BCUT2D eigenvalue weighted by Crippen LogP contribution is 2.30. The molecule has 1 N–H and O–H groups in total. The van der Waals surface area contributed by atoms with Gasteiger partial charge in [-0.15, -0.1) is 0 Å². The molecule has 1 fully saturated rings. The van der Waals surface area contributed by atoms with E-state index < -0.39 is 0 Å². The van der Waals surface area contributed by atoms with Crippen LogP contribution in [0.1, 0.15) is 23.4 Å². The molecule has 0 spiro atoms. The van der Waals surface area contributed by atoms with Gasteiger partial charge in [0.1, 0.15) is 17.3 Å². The van der Waals surface area contributed by atoms with Crippen LogP contribution in [0.15, 0.2) is 22.7 Å². The average molecular weight is 331 g/mol. The van der Waals surface area contributed by atoms with Gasteiger partial charge >= 0.3 is 0 Å². The summed E-state index contributed by atoms with van der Waals surface area (Å²) in [7, 11) is 3.35. The Bertz CT molecular complexity index is 657. The molecule has 24 heavy (non-hydrogen) atoms. The number of benzene rings is 1. The van der Waals surface area contributed by atoms with Crippen LogP contribution in [0, 0.1) is 13.8 Å². The monoisotopic (exact) mass is 331 g/mol. The van der Waals surface area contributed by atoms with Gasteiger partial charge in [-0.3, -0.25) is 0 Å². The van der Waals surface area contributed by atoms with E-state index in [-0.39, 0.29) is 0 Å². The van der Waals surface area contributed by atoms with Crippen molar-refractivity contribution in [2.45, 2.75) is 32.9 Å². The van der Waals surface area contributed by atoms with Crippen LogP contribution in [0.4, 0.5) is 5.69 Å². The molecule has 0 saturated carbocycles. The van der Waals surface area contributed by atoms with E-state index in [0.717, 1.165) is 60.3 Å². The molecule has 0 radical (unpaired) electrons. The van der Waals surface area contributed by atoms with E-state index in [1.807, 2.05) is 19.9 Å². The molecular formula is C18H25N3O3. The SMILES string of the molecule is COc1cc(OC)cc(N2CC[C@@H](NCc3c(C)noc3C)C2)c1. The minimum atomic E-state index is 0.441. The van der Waals surface area contributed by atoms with Crippen LogP contribution in [0.3, 0.4) is 0 Å². The number of ether oxygens (including phenoxy) is 2. The first kappa shape index (κ1) is 16.6. The number of aryl methyl sites for hydroxylation is 2. The predicted octanol–water partition coefficient (Wildman–Crippen LogP) is 2.68. The highest BCUT2D eigenvalue weighted by molar-refractivity contribution is 5.56. The highest BCUT2D eigenvalue weighted by atomic mass is 16.5. The van der Waals surface area contributed by atoms with E-state index in [9.17, 15) is 0 Å². The second kappa shape index (κ2) is 7.13. The van der Waals surface area contributed by atoms with Crippen molar-refractivity contribution in [2.75, 3.05) is 32.2 Å². The Balaban J connectivity index is 1.63. The maximum absolute atomic E-state index is 5.37. The summed E-state index contributed by atoms with van der Waals surface area (Å²) in [6.07, 6.45) is 1.10. The largest absolute Gasteiger partial charge is 0.497 e. The van der Waals surface area contributed by atoms with E-state index in [2.05, 4.69) is 27.5 Å². The number of rotatable bonds is 6. The Labute approximate surface area is 142 Å². The molecular weight excluding hydrogens is 306 g/mol. The molecule has 1 aromatic carbocycles. The number of nitrogens with zero attached hydrogens (tertiary/aromatic N) is 2. The molecule has 0 bridgehead atoms. The van der Waals surface area contributed by atoms with Gasteiger partial charge in [0, 0.05) is 55.1 Å². The fourth-order valence-electron chi connectivity index (χ4n) is 3.14. The van der Waals surface area contributed by atoms with Crippen LogP contribution in [0.2, 0.25) is 0 Å². The lowest BCUT2D eigenvalue weighted by Crippen LogP contribution is -2.32. The molecule has 1 aromatic heterocycles. The smallest absolute Gasteiger partial charge is 0.138 e. The van der Waals surface area contributed by atoms with E-state index in [0.29, 0.717) is 6.04 Å². The molecule has 6 nitrogen and oxygen atoms in total. The predicted molar refractivity (Wildman–Crippen MR) is 93.0 cm³/mol. The number of anilines is 1. The number of methoxy groups -OCH3 is 2. The second-order valence-electron chi connectivity index (χ2n) is 6.19. The number of nitrogens with one attached hydrogen (secondary N) is 1. The molecule has 1 saturated heterocycles. The van der Waals surface area contributed by atoms with Crippen molar-refractivity contribution in [3.63, 3.8) is 0 Å².